The second-order valence-corrected chi connectivity index (χ2v) is 6.15. The number of amides is 1. The van der Waals surface area contributed by atoms with Crippen molar-refractivity contribution in [1.29, 1.82) is 0 Å². The van der Waals surface area contributed by atoms with Crippen LogP contribution in [0.3, 0.4) is 0 Å². The summed E-state index contributed by atoms with van der Waals surface area (Å²) in [6.45, 7) is 1.83. The highest BCUT2D eigenvalue weighted by Gasteiger charge is 2.19. The van der Waals surface area contributed by atoms with Gasteiger partial charge in [0, 0.05) is 17.5 Å². The molecule has 0 aliphatic carbocycles. The van der Waals surface area contributed by atoms with Crippen LogP contribution in [0.2, 0.25) is 10.0 Å². The van der Waals surface area contributed by atoms with E-state index in [4.69, 9.17) is 23.2 Å². The monoisotopic (exact) mass is 354 g/mol. The number of nitrogens with one attached hydrogen (secondary N) is 2. The first-order valence-electron chi connectivity index (χ1n) is 6.16. The molecule has 3 nitrogen and oxygen atoms in total. The lowest BCUT2D eigenvalue weighted by molar-refractivity contribution is 0.0930. The number of halogens is 3. The zero-order valence-corrected chi connectivity index (χ0v) is 14.2. The number of carbonyl (C=O) groups is 1. The van der Waals surface area contributed by atoms with Crippen LogP contribution in [0.5, 0.6) is 0 Å². The van der Waals surface area contributed by atoms with Crippen molar-refractivity contribution in [2.75, 3.05) is 19.3 Å². The first-order valence-corrected chi connectivity index (χ1v) is 8.14. The molecule has 2 rings (SSSR count). The fourth-order valence-electron chi connectivity index (χ4n) is 2.10. The summed E-state index contributed by atoms with van der Waals surface area (Å²) in [6.07, 6.45) is 4.00. The highest BCUT2D eigenvalue weighted by molar-refractivity contribution is 7.98. The van der Waals surface area contributed by atoms with Gasteiger partial charge in [-0.1, -0.05) is 23.2 Å². The number of rotatable bonds is 3. The molecule has 1 aliphatic rings. The van der Waals surface area contributed by atoms with Crippen molar-refractivity contribution in [3.63, 3.8) is 0 Å². The van der Waals surface area contributed by atoms with E-state index in [1.165, 1.54) is 11.8 Å². The Labute approximate surface area is 139 Å². The van der Waals surface area contributed by atoms with Gasteiger partial charge in [0.1, 0.15) is 0 Å². The van der Waals surface area contributed by atoms with Crippen LogP contribution in [-0.2, 0) is 0 Å². The maximum absolute atomic E-state index is 12.2. The van der Waals surface area contributed by atoms with E-state index in [9.17, 15) is 4.79 Å². The number of thioether (sulfide) groups is 1. The minimum Gasteiger partial charge on any atom is -0.348 e. The number of hydrogen-bond acceptors (Lipinski definition) is 3. The van der Waals surface area contributed by atoms with E-state index in [0.29, 0.717) is 15.6 Å². The Kier molecular flexibility index (Phi) is 7.48. The van der Waals surface area contributed by atoms with Crippen molar-refractivity contribution in [2.45, 2.75) is 23.8 Å². The number of benzene rings is 1. The fourth-order valence-corrected chi connectivity index (χ4v) is 3.29. The summed E-state index contributed by atoms with van der Waals surface area (Å²) < 4.78 is 0. The third-order valence-corrected chi connectivity index (χ3v) is 4.63. The zero-order valence-electron chi connectivity index (χ0n) is 11.0. The van der Waals surface area contributed by atoms with Crippen LogP contribution in [0.4, 0.5) is 0 Å². The number of hydrogen-bond donors (Lipinski definition) is 2. The summed E-state index contributed by atoms with van der Waals surface area (Å²) in [7, 11) is 0. The summed E-state index contributed by atoms with van der Waals surface area (Å²) in [5.74, 6) is -0.134. The predicted molar refractivity (Wildman–Crippen MR) is 88.8 cm³/mol. The van der Waals surface area contributed by atoms with Gasteiger partial charge in [-0.05, 0) is 37.8 Å². The van der Waals surface area contributed by atoms with Crippen LogP contribution >= 0.6 is 47.4 Å². The van der Waals surface area contributed by atoms with E-state index in [1.807, 2.05) is 6.26 Å². The summed E-state index contributed by atoms with van der Waals surface area (Å²) in [4.78, 5) is 13.1. The van der Waals surface area contributed by atoms with Crippen molar-refractivity contribution in [3.8, 4) is 0 Å². The Morgan fingerprint density at radius 2 is 2.15 bits per heavy atom. The molecule has 1 atom stereocenters. The largest absolute Gasteiger partial charge is 0.348 e. The third kappa shape index (κ3) is 4.43. The molecule has 1 saturated heterocycles. The first-order chi connectivity index (χ1) is 9.11. The lowest BCUT2D eigenvalue weighted by Gasteiger charge is -2.24. The van der Waals surface area contributed by atoms with Gasteiger partial charge in [-0.2, -0.15) is 0 Å². The minimum absolute atomic E-state index is 0. The van der Waals surface area contributed by atoms with E-state index in [-0.39, 0.29) is 24.4 Å². The molecule has 1 amide bonds. The fraction of sp³-hybridized carbons (Fsp3) is 0.462. The van der Waals surface area contributed by atoms with Gasteiger partial charge in [0.05, 0.1) is 15.6 Å². The Morgan fingerprint density at radius 3 is 2.75 bits per heavy atom. The maximum Gasteiger partial charge on any atom is 0.253 e. The SMILES string of the molecule is CSc1cc(C(=O)N[C@H]2CCCNC2)c(Cl)cc1Cl.Cl. The molecule has 2 N–H and O–H groups in total. The smallest absolute Gasteiger partial charge is 0.253 e. The molecule has 1 heterocycles. The molecular formula is C13H17Cl3N2OS. The quantitative estimate of drug-likeness (QED) is 0.814. The van der Waals surface area contributed by atoms with Gasteiger partial charge >= 0.3 is 0 Å². The van der Waals surface area contributed by atoms with Gasteiger partial charge in [-0.15, -0.1) is 24.2 Å². The van der Waals surface area contributed by atoms with Gasteiger partial charge in [0.25, 0.3) is 5.91 Å². The van der Waals surface area contributed by atoms with Gasteiger partial charge < -0.3 is 10.6 Å². The molecule has 0 spiro atoms. The highest BCUT2D eigenvalue weighted by atomic mass is 35.5. The molecule has 20 heavy (non-hydrogen) atoms. The molecule has 0 aromatic heterocycles. The Hall–Kier alpha value is -0.130. The van der Waals surface area contributed by atoms with Crippen molar-refractivity contribution in [3.05, 3.63) is 27.7 Å². The second-order valence-electron chi connectivity index (χ2n) is 4.48. The summed E-state index contributed by atoms with van der Waals surface area (Å²) in [5, 5.41) is 7.24. The molecule has 1 fully saturated rings. The normalized spacial score (nSPS) is 18.2. The van der Waals surface area contributed by atoms with Crippen LogP contribution < -0.4 is 10.6 Å². The molecule has 0 radical (unpaired) electrons. The standard InChI is InChI=1S/C13H16Cl2N2OS.ClH/c1-19-12-5-9(10(14)6-11(12)15)13(18)17-8-3-2-4-16-7-8;/h5-6,8,16H,2-4,7H2,1H3,(H,17,18);1H/t8-;/m0./s1. The van der Waals surface area contributed by atoms with Crippen molar-refractivity contribution in [2.24, 2.45) is 0 Å². The lowest BCUT2D eigenvalue weighted by atomic mass is 10.1. The number of carbonyl (C=O) groups excluding carboxylic acids is 1. The second kappa shape index (κ2) is 8.35. The average Bonchev–Trinajstić information content (AvgIpc) is 2.40. The maximum atomic E-state index is 12.2. The van der Waals surface area contributed by atoms with Crippen molar-refractivity contribution >= 4 is 53.3 Å². The molecule has 1 aliphatic heterocycles. The minimum atomic E-state index is -0.134. The third-order valence-electron chi connectivity index (χ3n) is 3.12. The summed E-state index contributed by atoms with van der Waals surface area (Å²) in [6, 6.07) is 3.55. The van der Waals surface area contributed by atoms with E-state index >= 15 is 0 Å². The molecule has 0 saturated carbocycles. The van der Waals surface area contributed by atoms with Gasteiger partial charge in [-0.3, -0.25) is 4.79 Å². The lowest BCUT2D eigenvalue weighted by Crippen LogP contribution is -2.45. The molecule has 1 aromatic rings. The van der Waals surface area contributed by atoms with Crippen LogP contribution in [0.15, 0.2) is 17.0 Å². The Balaban J connectivity index is 0.00000200. The summed E-state index contributed by atoms with van der Waals surface area (Å²) in [5.41, 5.74) is 0.487. The predicted octanol–water partition coefficient (Wildman–Crippen LogP) is 3.62. The average molecular weight is 356 g/mol. The molecule has 1 aromatic carbocycles. The zero-order chi connectivity index (χ0) is 13.8. The summed E-state index contributed by atoms with van der Waals surface area (Å²) >= 11 is 13.7. The van der Waals surface area contributed by atoms with E-state index < -0.39 is 0 Å². The Morgan fingerprint density at radius 1 is 1.40 bits per heavy atom. The highest BCUT2D eigenvalue weighted by Crippen LogP contribution is 2.31. The van der Waals surface area contributed by atoms with Crippen LogP contribution in [-0.4, -0.2) is 31.3 Å². The van der Waals surface area contributed by atoms with Crippen molar-refractivity contribution in [1.82, 2.24) is 10.6 Å². The van der Waals surface area contributed by atoms with Crippen LogP contribution in [0, 0.1) is 0 Å². The van der Waals surface area contributed by atoms with Gasteiger partial charge in [-0.25, -0.2) is 0 Å². The van der Waals surface area contributed by atoms with Gasteiger partial charge in [0.15, 0.2) is 0 Å². The molecule has 7 heteroatoms. The van der Waals surface area contributed by atoms with Gasteiger partial charge in [0.2, 0.25) is 0 Å². The van der Waals surface area contributed by atoms with E-state index in [1.54, 1.807) is 12.1 Å². The Bertz CT molecular complexity index is 479. The molecular weight excluding hydrogens is 339 g/mol. The molecule has 0 unspecified atom stereocenters. The molecule has 112 valence electrons. The first kappa shape index (κ1) is 17.9. The molecule has 0 bridgehead atoms. The van der Waals surface area contributed by atoms with Crippen LogP contribution in [0.25, 0.3) is 0 Å². The van der Waals surface area contributed by atoms with Crippen LogP contribution in [0.1, 0.15) is 23.2 Å². The number of piperidine rings is 1. The van der Waals surface area contributed by atoms with E-state index in [0.717, 1.165) is 30.8 Å². The van der Waals surface area contributed by atoms with Crippen molar-refractivity contribution < 1.29 is 4.79 Å². The van der Waals surface area contributed by atoms with E-state index in [2.05, 4.69) is 10.6 Å². The topological polar surface area (TPSA) is 41.1 Å².